The van der Waals surface area contributed by atoms with Gasteiger partial charge in [-0.05, 0) is 19.1 Å². The molecule has 0 aliphatic carbocycles. The van der Waals surface area contributed by atoms with Gasteiger partial charge in [0.05, 0.1) is 12.9 Å². The number of hydrogen-bond donors (Lipinski definition) is 1. The van der Waals surface area contributed by atoms with Crippen LogP contribution in [0.25, 0.3) is 0 Å². The van der Waals surface area contributed by atoms with Crippen LogP contribution < -0.4 is 0 Å². The number of furan rings is 1. The molecule has 0 aliphatic heterocycles. The molecule has 0 fully saturated rings. The van der Waals surface area contributed by atoms with Gasteiger partial charge in [0.1, 0.15) is 0 Å². The van der Waals surface area contributed by atoms with E-state index in [2.05, 4.69) is 0 Å². The zero-order valence-corrected chi connectivity index (χ0v) is 5.76. The Morgan fingerprint density at radius 1 is 1.80 bits per heavy atom. The third kappa shape index (κ3) is 1.37. The van der Waals surface area contributed by atoms with Crippen molar-refractivity contribution in [2.75, 3.05) is 6.61 Å². The molecular weight excluding hydrogens is 130 g/mol. The Kier molecular flexibility index (Phi) is 2.10. The number of ether oxygens (including phenoxy) is 1. The van der Waals surface area contributed by atoms with Crippen molar-refractivity contribution in [2.45, 2.75) is 6.92 Å². The maximum Gasteiger partial charge on any atom is 0.250 e. The molecule has 54 valence electrons. The number of rotatable bonds is 2. The molecule has 0 amide bonds. The van der Waals surface area contributed by atoms with E-state index in [4.69, 9.17) is 14.6 Å². The first kappa shape index (κ1) is 6.86. The van der Waals surface area contributed by atoms with Crippen molar-refractivity contribution >= 4 is 5.90 Å². The minimum Gasteiger partial charge on any atom is -0.476 e. The van der Waals surface area contributed by atoms with Crippen LogP contribution in [-0.4, -0.2) is 12.5 Å². The molecule has 1 aromatic heterocycles. The Labute approximate surface area is 59.1 Å². The van der Waals surface area contributed by atoms with E-state index in [0.29, 0.717) is 12.4 Å². The second-order valence-electron chi connectivity index (χ2n) is 1.74. The van der Waals surface area contributed by atoms with E-state index >= 15 is 0 Å². The SMILES string of the molecule is CCOC(=N)c1ccco1. The van der Waals surface area contributed by atoms with Crippen molar-refractivity contribution in [3.05, 3.63) is 24.2 Å². The molecule has 0 saturated carbocycles. The van der Waals surface area contributed by atoms with Gasteiger partial charge in [-0.3, -0.25) is 5.41 Å². The van der Waals surface area contributed by atoms with Crippen LogP contribution in [0.4, 0.5) is 0 Å². The Hall–Kier alpha value is -1.25. The Bertz CT molecular complexity index is 203. The van der Waals surface area contributed by atoms with Crippen LogP contribution in [0, 0.1) is 5.41 Å². The zero-order chi connectivity index (χ0) is 7.40. The quantitative estimate of drug-likeness (QED) is 0.500. The third-order valence-corrected chi connectivity index (χ3v) is 1.03. The topological polar surface area (TPSA) is 46.2 Å². The summed E-state index contributed by atoms with van der Waals surface area (Å²) in [4.78, 5) is 0. The van der Waals surface area contributed by atoms with Crippen molar-refractivity contribution in [2.24, 2.45) is 0 Å². The molecule has 1 aromatic rings. The lowest BCUT2D eigenvalue weighted by Crippen LogP contribution is -2.02. The van der Waals surface area contributed by atoms with Gasteiger partial charge >= 0.3 is 0 Å². The average molecular weight is 139 g/mol. The summed E-state index contributed by atoms with van der Waals surface area (Å²) in [6, 6.07) is 3.42. The largest absolute Gasteiger partial charge is 0.476 e. The summed E-state index contributed by atoms with van der Waals surface area (Å²) in [7, 11) is 0. The summed E-state index contributed by atoms with van der Waals surface area (Å²) in [5.74, 6) is 0.564. The molecule has 0 unspecified atom stereocenters. The predicted octanol–water partition coefficient (Wildman–Crippen LogP) is 1.64. The highest BCUT2D eigenvalue weighted by atomic mass is 16.5. The van der Waals surface area contributed by atoms with Crippen LogP contribution >= 0.6 is 0 Å². The molecule has 0 saturated heterocycles. The van der Waals surface area contributed by atoms with Crippen molar-refractivity contribution in [3.8, 4) is 0 Å². The fourth-order valence-corrected chi connectivity index (χ4v) is 0.623. The van der Waals surface area contributed by atoms with E-state index in [-0.39, 0.29) is 5.90 Å². The standard InChI is InChI=1S/C7H9NO2/c1-2-9-7(8)6-4-3-5-10-6/h3-5,8H,2H2,1H3. The van der Waals surface area contributed by atoms with E-state index in [1.807, 2.05) is 6.92 Å². The van der Waals surface area contributed by atoms with Crippen LogP contribution in [0.15, 0.2) is 22.8 Å². The summed E-state index contributed by atoms with van der Waals surface area (Å²) in [5, 5.41) is 7.23. The Morgan fingerprint density at radius 3 is 3.10 bits per heavy atom. The first-order chi connectivity index (χ1) is 4.84. The minimum atomic E-state index is 0.0903. The second-order valence-corrected chi connectivity index (χ2v) is 1.74. The zero-order valence-electron chi connectivity index (χ0n) is 5.76. The van der Waals surface area contributed by atoms with E-state index < -0.39 is 0 Å². The van der Waals surface area contributed by atoms with Gasteiger partial charge < -0.3 is 9.15 Å². The summed E-state index contributed by atoms with van der Waals surface area (Å²) in [6.45, 7) is 2.33. The molecule has 0 aliphatic rings. The summed E-state index contributed by atoms with van der Waals surface area (Å²) >= 11 is 0. The number of hydrogen-bond acceptors (Lipinski definition) is 3. The van der Waals surface area contributed by atoms with Gasteiger partial charge in [0.2, 0.25) is 5.90 Å². The van der Waals surface area contributed by atoms with Gasteiger partial charge in [-0.2, -0.15) is 0 Å². The molecular formula is C7H9NO2. The van der Waals surface area contributed by atoms with E-state index in [1.165, 1.54) is 6.26 Å². The summed E-state index contributed by atoms with van der Waals surface area (Å²) < 4.78 is 9.77. The molecule has 1 rings (SSSR count). The van der Waals surface area contributed by atoms with Gasteiger partial charge in [0, 0.05) is 0 Å². The summed E-state index contributed by atoms with van der Waals surface area (Å²) in [5.41, 5.74) is 0. The van der Waals surface area contributed by atoms with Crippen LogP contribution in [0.2, 0.25) is 0 Å². The van der Waals surface area contributed by atoms with Crippen molar-refractivity contribution < 1.29 is 9.15 Å². The first-order valence-corrected chi connectivity index (χ1v) is 3.10. The van der Waals surface area contributed by atoms with Gasteiger partial charge in [-0.25, -0.2) is 0 Å². The Morgan fingerprint density at radius 2 is 2.60 bits per heavy atom. The first-order valence-electron chi connectivity index (χ1n) is 3.10. The van der Waals surface area contributed by atoms with Gasteiger partial charge in [0.15, 0.2) is 5.76 Å². The van der Waals surface area contributed by atoms with Crippen molar-refractivity contribution in [1.29, 1.82) is 5.41 Å². The van der Waals surface area contributed by atoms with Crippen molar-refractivity contribution in [1.82, 2.24) is 0 Å². The lowest BCUT2D eigenvalue weighted by atomic mass is 10.4. The predicted molar refractivity (Wildman–Crippen MR) is 37.2 cm³/mol. The van der Waals surface area contributed by atoms with Crippen LogP contribution in [-0.2, 0) is 4.74 Å². The van der Waals surface area contributed by atoms with E-state index in [1.54, 1.807) is 12.1 Å². The van der Waals surface area contributed by atoms with Gasteiger partial charge in [-0.15, -0.1) is 0 Å². The maximum absolute atomic E-state index is 7.23. The molecule has 0 bridgehead atoms. The highest BCUT2D eigenvalue weighted by Crippen LogP contribution is 2.01. The molecule has 3 heteroatoms. The molecule has 1 heterocycles. The molecule has 0 aromatic carbocycles. The monoisotopic (exact) mass is 139 g/mol. The van der Waals surface area contributed by atoms with Gasteiger partial charge in [0.25, 0.3) is 0 Å². The van der Waals surface area contributed by atoms with Gasteiger partial charge in [-0.1, -0.05) is 0 Å². The van der Waals surface area contributed by atoms with E-state index in [0.717, 1.165) is 0 Å². The van der Waals surface area contributed by atoms with E-state index in [9.17, 15) is 0 Å². The Balaban J connectivity index is 2.59. The molecule has 3 nitrogen and oxygen atoms in total. The lowest BCUT2D eigenvalue weighted by molar-refractivity contribution is 0.316. The maximum atomic E-state index is 7.23. The van der Waals surface area contributed by atoms with Crippen LogP contribution in [0.5, 0.6) is 0 Å². The van der Waals surface area contributed by atoms with Crippen LogP contribution in [0.1, 0.15) is 12.7 Å². The molecule has 10 heavy (non-hydrogen) atoms. The fraction of sp³-hybridized carbons (Fsp3) is 0.286. The normalized spacial score (nSPS) is 9.30. The highest BCUT2D eigenvalue weighted by molar-refractivity contribution is 5.88. The molecule has 0 radical (unpaired) electrons. The molecule has 0 atom stereocenters. The fourth-order valence-electron chi connectivity index (χ4n) is 0.623. The highest BCUT2D eigenvalue weighted by Gasteiger charge is 2.02. The second kappa shape index (κ2) is 3.06. The average Bonchev–Trinajstić information content (AvgIpc) is 2.38. The molecule has 1 N–H and O–H groups in total. The van der Waals surface area contributed by atoms with Crippen molar-refractivity contribution in [3.63, 3.8) is 0 Å². The van der Waals surface area contributed by atoms with Crippen LogP contribution in [0.3, 0.4) is 0 Å². The smallest absolute Gasteiger partial charge is 0.250 e. The minimum absolute atomic E-state index is 0.0903. The number of nitrogens with one attached hydrogen (secondary N) is 1. The molecule has 0 spiro atoms. The summed E-state index contributed by atoms with van der Waals surface area (Å²) in [6.07, 6.45) is 1.52. The third-order valence-electron chi connectivity index (χ3n) is 1.03. The lowest BCUT2D eigenvalue weighted by Gasteiger charge is -1.98.